The minimum absolute atomic E-state index is 0.112. The molecule has 0 saturated carbocycles. The first-order chi connectivity index (χ1) is 13.6. The molecule has 2 N–H and O–H groups in total. The molecule has 0 aromatic heterocycles. The molecule has 0 atom stereocenters. The van der Waals surface area contributed by atoms with Crippen LogP contribution < -0.4 is 10.7 Å². The second kappa shape index (κ2) is 9.83. The van der Waals surface area contributed by atoms with E-state index in [-0.39, 0.29) is 18.2 Å². The average Bonchev–Trinajstić information content (AvgIpc) is 2.72. The molecule has 0 fully saturated rings. The molecule has 2 aromatic carbocycles. The van der Waals surface area contributed by atoms with Crippen LogP contribution >= 0.6 is 0 Å². The Morgan fingerprint density at radius 2 is 1.75 bits per heavy atom. The van der Waals surface area contributed by atoms with Crippen molar-refractivity contribution in [1.82, 2.24) is 5.43 Å². The Labute approximate surface area is 166 Å². The number of aryl methyl sites for hydroxylation is 2. The second-order valence-electron chi connectivity index (χ2n) is 7.24. The number of hydrogen-bond donors (Lipinski definition) is 2. The van der Waals surface area contributed by atoms with E-state index < -0.39 is 0 Å². The third-order valence-electron chi connectivity index (χ3n) is 4.94. The van der Waals surface area contributed by atoms with Gasteiger partial charge in [0.15, 0.2) is 0 Å². The maximum atomic E-state index is 12.4. The predicted molar refractivity (Wildman–Crippen MR) is 112 cm³/mol. The van der Waals surface area contributed by atoms with Crippen molar-refractivity contribution in [3.8, 4) is 0 Å². The number of nitrogens with one attached hydrogen (secondary N) is 2. The zero-order valence-electron chi connectivity index (χ0n) is 16.3. The van der Waals surface area contributed by atoms with Crippen molar-refractivity contribution in [1.29, 1.82) is 0 Å². The maximum absolute atomic E-state index is 12.4. The molecule has 5 heteroatoms. The number of benzene rings is 2. The van der Waals surface area contributed by atoms with Gasteiger partial charge < -0.3 is 5.32 Å². The highest BCUT2D eigenvalue weighted by Gasteiger charge is 2.14. The Balaban J connectivity index is 1.47. The molecule has 5 nitrogen and oxygen atoms in total. The van der Waals surface area contributed by atoms with E-state index in [1.165, 1.54) is 17.5 Å². The van der Waals surface area contributed by atoms with Gasteiger partial charge in [0.2, 0.25) is 11.8 Å². The summed E-state index contributed by atoms with van der Waals surface area (Å²) in [4.78, 5) is 24.3. The molecule has 0 spiro atoms. The van der Waals surface area contributed by atoms with Crippen molar-refractivity contribution in [3.63, 3.8) is 0 Å². The van der Waals surface area contributed by atoms with E-state index in [1.54, 1.807) is 6.92 Å². The van der Waals surface area contributed by atoms with Gasteiger partial charge in [0, 0.05) is 17.8 Å². The van der Waals surface area contributed by atoms with Crippen LogP contribution in [0.3, 0.4) is 0 Å². The van der Waals surface area contributed by atoms with Crippen LogP contribution in [0.5, 0.6) is 0 Å². The lowest BCUT2D eigenvalue weighted by atomic mass is 9.90. The van der Waals surface area contributed by atoms with Crippen molar-refractivity contribution in [3.05, 3.63) is 65.2 Å². The number of fused-ring (bicyclic) bond motifs is 1. The molecule has 0 aliphatic heterocycles. The Kier molecular flexibility index (Phi) is 6.95. The van der Waals surface area contributed by atoms with Gasteiger partial charge in [-0.3, -0.25) is 9.59 Å². The first kappa shape index (κ1) is 19.8. The Morgan fingerprint density at radius 3 is 2.57 bits per heavy atom. The van der Waals surface area contributed by atoms with E-state index in [2.05, 4.69) is 21.9 Å². The summed E-state index contributed by atoms with van der Waals surface area (Å²) in [6, 6.07) is 15.9. The van der Waals surface area contributed by atoms with Crippen LogP contribution in [-0.4, -0.2) is 17.5 Å². The van der Waals surface area contributed by atoms with Gasteiger partial charge in [0.05, 0.1) is 6.42 Å². The molecule has 0 heterocycles. The third kappa shape index (κ3) is 5.78. The monoisotopic (exact) mass is 377 g/mol. The van der Waals surface area contributed by atoms with Crippen molar-refractivity contribution in [2.75, 3.05) is 5.32 Å². The number of nitrogens with zero attached hydrogens (tertiary/aromatic N) is 1. The van der Waals surface area contributed by atoms with Crippen molar-refractivity contribution >= 4 is 23.2 Å². The first-order valence-corrected chi connectivity index (χ1v) is 9.88. The molecule has 28 heavy (non-hydrogen) atoms. The van der Waals surface area contributed by atoms with Crippen LogP contribution in [-0.2, 0) is 28.9 Å². The van der Waals surface area contributed by atoms with Gasteiger partial charge in [-0.1, -0.05) is 42.5 Å². The lowest BCUT2D eigenvalue weighted by Crippen LogP contribution is -2.22. The molecule has 0 saturated heterocycles. The van der Waals surface area contributed by atoms with E-state index in [0.717, 1.165) is 30.5 Å². The standard InChI is InChI=1S/C23H27N3O2/c1-17(25-26-22(27)15-14-18-8-3-2-4-9-18)16-23(28)24-21-13-7-11-19-10-5-6-12-20(19)21/h2-4,7-9,11,13H,5-6,10,12,14-16H2,1H3,(H,24,28)(H,26,27)/b25-17-. The maximum Gasteiger partial charge on any atom is 0.240 e. The second-order valence-corrected chi connectivity index (χ2v) is 7.24. The van der Waals surface area contributed by atoms with Crippen LogP contribution in [0.2, 0.25) is 0 Å². The highest BCUT2D eigenvalue weighted by molar-refractivity contribution is 6.06. The van der Waals surface area contributed by atoms with Gasteiger partial charge in [0.25, 0.3) is 0 Å². The third-order valence-corrected chi connectivity index (χ3v) is 4.94. The highest BCUT2D eigenvalue weighted by atomic mass is 16.2. The summed E-state index contributed by atoms with van der Waals surface area (Å²) in [5.74, 6) is -0.264. The van der Waals surface area contributed by atoms with E-state index >= 15 is 0 Å². The summed E-state index contributed by atoms with van der Waals surface area (Å²) in [5.41, 5.74) is 7.73. The Bertz CT molecular complexity index is 859. The number of amides is 2. The summed E-state index contributed by atoms with van der Waals surface area (Å²) >= 11 is 0. The van der Waals surface area contributed by atoms with Crippen LogP contribution in [0.1, 0.15) is 49.3 Å². The van der Waals surface area contributed by atoms with Gasteiger partial charge in [0.1, 0.15) is 0 Å². The topological polar surface area (TPSA) is 70.6 Å². The summed E-state index contributed by atoms with van der Waals surface area (Å²) in [6.45, 7) is 1.75. The fraction of sp³-hybridized carbons (Fsp3) is 0.348. The van der Waals surface area contributed by atoms with Gasteiger partial charge in [-0.2, -0.15) is 5.10 Å². The fourth-order valence-electron chi connectivity index (χ4n) is 3.48. The fourth-order valence-corrected chi connectivity index (χ4v) is 3.48. The minimum Gasteiger partial charge on any atom is -0.325 e. The number of rotatable bonds is 7. The molecule has 0 radical (unpaired) electrons. The summed E-state index contributed by atoms with van der Waals surface area (Å²) in [7, 11) is 0. The molecular weight excluding hydrogens is 350 g/mol. The Morgan fingerprint density at radius 1 is 0.964 bits per heavy atom. The van der Waals surface area contributed by atoms with Crippen LogP contribution in [0.4, 0.5) is 5.69 Å². The molecule has 0 unspecified atom stereocenters. The van der Waals surface area contributed by atoms with E-state index in [4.69, 9.17) is 0 Å². The molecule has 3 rings (SSSR count). The average molecular weight is 377 g/mol. The molecule has 0 bridgehead atoms. The van der Waals surface area contributed by atoms with E-state index in [0.29, 0.717) is 18.6 Å². The molecular formula is C23H27N3O2. The van der Waals surface area contributed by atoms with Gasteiger partial charge in [-0.05, 0) is 61.8 Å². The normalized spacial score (nSPS) is 13.5. The predicted octanol–water partition coefficient (Wildman–Crippen LogP) is 4.02. The number of hydrogen-bond acceptors (Lipinski definition) is 3. The highest BCUT2D eigenvalue weighted by Crippen LogP contribution is 2.27. The van der Waals surface area contributed by atoms with Gasteiger partial charge >= 0.3 is 0 Å². The summed E-state index contributed by atoms with van der Waals surface area (Å²) in [6.07, 6.45) is 5.65. The number of anilines is 1. The van der Waals surface area contributed by atoms with E-state index in [1.807, 2.05) is 42.5 Å². The molecule has 146 valence electrons. The molecule has 2 aromatic rings. The van der Waals surface area contributed by atoms with Crippen LogP contribution in [0.25, 0.3) is 0 Å². The molecule has 2 amide bonds. The van der Waals surface area contributed by atoms with Crippen LogP contribution in [0.15, 0.2) is 53.6 Å². The number of carbonyl (C=O) groups is 2. The SMILES string of the molecule is C/C(CC(=O)Nc1cccc2c1CCCC2)=N/NC(=O)CCc1ccccc1. The molecule has 1 aliphatic rings. The van der Waals surface area contributed by atoms with Crippen molar-refractivity contribution in [2.45, 2.75) is 51.9 Å². The Hall–Kier alpha value is -2.95. The number of carbonyl (C=O) groups excluding carboxylic acids is 2. The zero-order chi connectivity index (χ0) is 19.8. The van der Waals surface area contributed by atoms with Crippen molar-refractivity contribution in [2.24, 2.45) is 5.10 Å². The lowest BCUT2D eigenvalue weighted by molar-refractivity contribution is -0.121. The van der Waals surface area contributed by atoms with Gasteiger partial charge in [-0.15, -0.1) is 0 Å². The number of hydrazone groups is 1. The van der Waals surface area contributed by atoms with Gasteiger partial charge in [-0.25, -0.2) is 5.43 Å². The van der Waals surface area contributed by atoms with Crippen molar-refractivity contribution < 1.29 is 9.59 Å². The summed E-state index contributed by atoms with van der Waals surface area (Å²) in [5, 5.41) is 7.06. The lowest BCUT2D eigenvalue weighted by Gasteiger charge is -2.19. The van der Waals surface area contributed by atoms with E-state index in [9.17, 15) is 9.59 Å². The zero-order valence-corrected chi connectivity index (χ0v) is 16.3. The smallest absolute Gasteiger partial charge is 0.240 e. The largest absolute Gasteiger partial charge is 0.325 e. The van der Waals surface area contributed by atoms with Crippen LogP contribution in [0, 0.1) is 0 Å². The molecule has 1 aliphatic carbocycles. The first-order valence-electron chi connectivity index (χ1n) is 9.88. The quantitative estimate of drug-likeness (QED) is 0.565. The summed E-state index contributed by atoms with van der Waals surface area (Å²) < 4.78 is 0. The minimum atomic E-state index is -0.152.